The Morgan fingerprint density at radius 1 is 1.45 bits per heavy atom. The van der Waals surface area contributed by atoms with Crippen molar-refractivity contribution >= 4 is 0 Å². The molecule has 0 bridgehead atoms. The summed E-state index contributed by atoms with van der Waals surface area (Å²) in [5.74, 6) is 0. The molecule has 4 heteroatoms. The maximum Gasteiger partial charge on any atom is 0.0692 e. The Morgan fingerprint density at radius 3 is 2.82 bits per heavy atom. The molecular formula is C7H14N4. The van der Waals surface area contributed by atoms with Crippen LogP contribution in [0.15, 0.2) is 12.4 Å². The van der Waals surface area contributed by atoms with E-state index in [2.05, 4.69) is 29.3 Å². The van der Waals surface area contributed by atoms with Gasteiger partial charge in [0.1, 0.15) is 0 Å². The Labute approximate surface area is 66.8 Å². The first kappa shape index (κ1) is 8.20. The number of aromatic nitrogens is 3. The maximum absolute atomic E-state index is 3.86. The highest BCUT2D eigenvalue weighted by atomic mass is 15.4. The van der Waals surface area contributed by atoms with Crippen molar-refractivity contribution in [2.75, 3.05) is 20.6 Å². The Bertz CT molecular complexity index is 180. The van der Waals surface area contributed by atoms with Crippen LogP contribution in [0, 0.1) is 0 Å². The minimum Gasteiger partial charge on any atom is -0.309 e. The van der Waals surface area contributed by atoms with Crippen LogP contribution in [0.5, 0.6) is 0 Å². The van der Waals surface area contributed by atoms with Gasteiger partial charge in [-0.1, -0.05) is 5.21 Å². The van der Waals surface area contributed by atoms with Gasteiger partial charge in [0.05, 0.1) is 6.20 Å². The zero-order chi connectivity index (χ0) is 8.10. The fourth-order valence-electron chi connectivity index (χ4n) is 0.901. The van der Waals surface area contributed by atoms with E-state index in [9.17, 15) is 0 Å². The third kappa shape index (κ3) is 3.13. The molecule has 0 aliphatic heterocycles. The van der Waals surface area contributed by atoms with Crippen molar-refractivity contribution in [1.29, 1.82) is 0 Å². The zero-order valence-corrected chi connectivity index (χ0v) is 7.06. The third-order valence-corrected chi connectivity index (χ3v) is 1.46. The maximum atomic E-state index is 3.86. The highest BCUT2D eigenvalue weighted by Gasteiger charge is 1.92. The van der Waals surface area contributed by atoms with E-state index in [1.807, 2.05) is 10.9 Å². The molecule has 0 N–H and O–H groups in total. The SMILES string of the molecule is CN(C)CCCn1ccnn1. The van der Waals surface area contributed by atoms with Crippen LogP contribution in [-0.2, 0) is 6.54 Å². The topological polar surface area (TPSA) is 34.0 Å². The molecule has 1 aromatic heterocycles. The molecule has 0 unspecified atom stereocenters. The first-order chi connectivity index (χ1) is 5.29. The molecule has 0 amide bonds. The van der Waals surface area contributed by atoms with Gasteiger partial charge in [-0.3, -0.25) is 4.68 Å². The van der Waals surface area contributed by atoms with Crippen molar-refractivity contribution in [2.24, 2.45) is 0 Å². The largest absolute Gasteiger partial charge is 0.309 e. The molecule has 0 atom stereocenters. The van der Waals surface area contributed by atoms with Crippen molar-refractivity contribution in [3.8, 4) is 0 Å². The van der Waals surface area contributed by atoms with Gasteiger partial charge in [-0.15, -0.1) is 5.10 Å². The fraction of sp³-hybridized carbons (Fsp3) is 0.714. The average Bonchev–Trinajstić information content (AvgIpc) is 2.39. The van der Waals surface area contributed by atoms with E-state index >= 15 is 0 Å². The third-order valence-electron chi connectivity index (χ3n) is 1.46. The highest BCUT2D eigenvalue weighted by molar-refractivity contribution is 4.63. The Kier molecular flexibility index (Phi) is 3.04. The fourth-order valence-corrected chi connectivity index (χ4v) is 0.901. The van der Waals surface area contributed by atoms with Crippen molar-refractivity contribution < 1.29 is 0 Å². The molecular weight excluding hydrogens is 140 g/mol. The van der Waals surface area contributed by atoms with Gasteiger partial charge in [0, 0.05) is 12.7 Å². The lowest BCUT2D eigenvalue weighted by Gasteiger charge is -2.07. The molecule has 1 rings (SSSR count). The number of aryl methyl sites for hydroxylation is 1. The predicted molar refractivity (Wildman–Crippen MR) is 43.2 cm³/mol. The molecule has 1 heterocycles. The normalized spacial score (nSPS) is 10.8. The van der Waals surface area contributed by atoms with Gasteiger partial charge in [-0.2, -0.15) is 0 Å². The Hall–Kier alpha value is -0.900. The summed E-state index contributed by atoms with van der Waals surface area (Å²) in [6.45, 7) is 2.05. The molecule has 62 valence electrons. The van der Waals surface area contributed by atoms with E-state index in [0.29, 0.717) is 0 Å². The van der Waals surface area contributed by atoms with Crippen LogP contribution in [0.3, 0.4) is 0 Å². The molecule has 0 saturated carbocycles. The van der Waals surface area contributed by atoms with E-state index in [0.717, 1.165) is 19.5 Å². The van der Waals surface area contributed by atoms with Crippen LogP contribution in [0.2, 0.25) is 0 Å². The first-order valence-electron chi connectivity index (χ1n) is 3.78. The van der Waals surface area contributed by atoms with Crippen molar-refractivity contribution in [3.63, 3.8) is 0 Å². The molecule has 0 fully saturated rings. The van der Waals surface area contributed by atoms with E-state index < -0.39 is 0 Å². The number of hydrogen-bond acceptors (Lipinski definition) is 3. The lowest BCUT2D eigenvalue weighted by atomic mass is 10.4. The summed E-state index contributed by atoms with van der Waals surface area (Å²) in [7, 11) is 4.14. The second kappa shape index (κ2) is 4.08. The van der Waals surface area contributed by atoms with Crippen LogP contribution in [0.4, 0.5) is 0 Å². The van der Waals surface area contributed by atoms with E-state index in [4.69, 9.17) is 0 Å². The van der Waals surface area contributed by atoms with Crippen LogP contribution in [0.1, 0.15) is 6.42 Å². The summed E-state index contributed by atoms with van der Waals surface area (Å²) >= 11 is 0. The van der Waals surface area contributed by atoms with Gasteiger partial charge >= 0.3 is 0 Å². The summed E-state index contributed by atoms with van der Waals surface area (Å²) in [6, 6.07) is 0. The average molecular weight is 154 g/mol. The predicted octanol–water partition coefficient (Wildman–Crippen LogP) is 0.230. The lowest BCUT2D eigenvalue weighted by Crippen LogP contribution is -2.15. The molecule has 1 aromatic rings. The molecule has 0 spiro atoms. The molecule has 0 saturated heterocycles. The highest BCUT2D eigenvalue weighted by Crippen LogP contribution is 1.88. The number of nitrogens with zero attached hydrogens (tertiary/aromatic N) is 4. The minimum atomic E-state index is 0.957. The quantitative estimate of drug-likeness (QED) is 0.622. The monoisotopic (exact) mass is 154 g/mol. The summed E-state index contributed by atoms with van der Waals surface area (Å²) < 4.78 is 1.85. The van der Waals surface area contributed by atoms with Crippen molar-refractivity contribution in [2.45, 2.75) is 13.0 Å². The summed E-state index contributed by atoms with van der Waals surface area (Å²) in [5, 5.41) is 7.58. The second-order valence-electron chi connectivity index (χ2n) is 2.82. The van der Waals surface area contributed by atoms with Gasteiger partial charge in [0.25, 0.3) is 0 Å². The van der Waals surface area contributed by atoms with Gasteiger partial charge in [0.2, 0.25) is 0 Å². The molecule has 0 aliphatic rings. The van der Waals surface area contributed by atoms with Crippen LogP contribution in [0.25, 0.3) is 0 Å². The van der Waals surface area contributed by atoms with E-state index in [-0.39, 0.29) is 0 Å². The van der Waals surface area contributed by atoms with Crippen molar-refractivity contribution in [1.82, 2.24) is 19.9 Å². The molecule has 0 radical (unpaired) electrons. The molecule has 0 aromatic carbocycles. The first-order valence-corrected chi connectivity index (χ1v) is 3.78. The molecule has 11 heavy (non-hydrogen) atoms. The van der Waals surface area contributed by atoms with E-state index in [1.54, 1.807) is 6.20 Å². The molecule has 4 nitrogen and oxygen atoms in total. The van der Waals surface area contributed by atoms with Crippen LogP contribution in [-0.4, -0.2) is 40.5 Å². The van der Waals surface area contributed by atoms with Crippen LogP contribution >= 0.6 is 0 Å². The minimum absolute atomic E-state index is 0.957. The van der Waals surface area contributed by atoms with Gasteiger partial charge in [0.15, 0.2) is 0 Å². The number of rotatable bonds is 4. The zero-order valence-electron chi connectivity index (χ0n) is 7.06. The van der Waals surface area contributed by atoms with Gasteiger partial charge < -0.3 is 4.90 Å². The summed E-state index contributed by atoms with van der Waals surface area (Å²) in [6.07, 6.45) is 4.71. The summed E-state index contributed by atoms with van der Waals surface area (Å²) in [5.41, 5.74) is 0. The van der Waals surface area contributed by atoms with Crippen molar-refractivity contribution in [3.05, 3.63) is 12.4 Å². The Morgan fingerprint density at radius 2 is 2.27 bits per heavy atom. The van der Waals surface area contributed by atoms with Gasteiger partial charge in [-0.25, -0.2) is 0 Å². The smallest absolute Gasteiger partial charge is 0.0692 e. The Balaban J connectivity index is 2.14. The van der Waals surface area contributed by atoms with E-state index in [1.165, 1.54) is 0 Å². The molecule has 0 aliphatic carbocycles. The number of hydrogen-bond donors (Lipinski definition) is 0. The van der Waals surface area contributed by atoms with Crippen LogP contribution < -0.4 is 0 Å². The standard InChI is InChI=1S/C7H14N4/c1-10(2)5-3-6-11-7-4-8-9-11/h4,7H,3,5-6H2,1-2H3. The van der Waals surface area contributed by atoms with Gasteiger partial charge in [-0.05, 0) is 27.1 Å². The second-order valence-corrected chi connectivity index (χ2v) is 2.82. The summed E-state index contributed by atoms with van der Waals surface area (Å²) in [4.78, 5) is 2.16. The lowest BCUT2D eigenvalue weighted by molar-refractivity contribution is 0.379.